The summed E-state index contributed by atoms with van der Waals surface area (Å²) in [6.45, 7) is 5.92. The molecular formula is C27H34N2O5S. The summed E-state index contributed by atoms with van der Waals surface area (Å²) < 4.78 is 5.64. The number of ether oxygens (including phenoxy) is 1. The number of thioether (sulfide) groups is 1. The van der Waals surface area contributed by atoms with Crippen LogP contribution in [-0.4, -0.2) is 53.8 Å². The first-order valence-corrected chi connectivity index (χ1v) is 13.1. The minimum Gasteiger partial charge on any atom is -0.480 e. The van der Waals surface area contributed by atoms with Gasteiger partial charge in [-0.2, -0.15) is 11.8 Å². The quantitative estimate of drug-likeness (QED) is 0.440. The first-order valence-electron chi connectivity index (χ1n) is 11.7. The maximum atomic E-state index is 12.8. The van der Waals surface area contributed by atoms with E-state index in [-0.39, 0.29) is 18.9 Å². The monoisotopic (exact) mass is 498 g/mol. The average molecular weight is 499 g/mol. The molecule has 8 heteroatoms. The molecule has 0 bridgehead atoms. The van der Waals surface area contributed by atoms with E-state index >= 15 is 0 Å². The van der Waals surface area contributed by atoms with Gasteiger partial charge in [0.2, 0.25) is 5.91 Å². The van der Waals surface area contributed by atoms with Crippen LogP contribution in [-0.2, 0) is 14.3 Å². The van der Waals surface area contributed by atoms with E-state index in [0.29, 0.717) is 12.2 Å². The summed E-state index contributed by atoms with van der Waals surface area (Å²) in [6.07, 6.45) is 1.57. The highest BCUT2D eigenvalue weighted by Crippen LogP contribution is 2.44. The summed E-state index contributed by atoms with van der Waals surface area (Å²) in [5.74, 6) is -0.920. The number of carboxylic acid groups (broad SMARTS) is 1. The fourth-order valence-corrected chi connectivity index (χ4v) is 4.76. The molecule has 0 spiro atoms. The fraction of sp³-hybridized carbons (Fsp3) is 0.444. The summed E-state index contributed by atoms with van der Waals surface area (Å²) >= 11 is 1.52. The topological polar surface area (TPSA) is 105 Å². The second-order valence-electron chi connectivity index (χ2n) is 9.83. The van der Waals surface area contributed by atoms with Crippen molar-refractivity contribution in [3.63, 3.8) is 0 Å². The summed E-state index contributed by atoms with van der Waals surface area (Å²) in [5.41, 5.74) is 4.10. The van der Waals surface area contributed by atoms with Crippen molar-refractivity contribution >= 4 is 29.7 Å². The molecule has 188 valence electrons. The molecule has 1 aliphatic rings. The Kier molecular flexibility index (Phi) is 8.83. The molecule has 2 aromatic rings. The Balaban J connectivity index is 1.62. The van der Waals surface area contributed by atoms with Gasteiger partial charge in [0.15, 0.2) is 0 Å². The summed E-state index contributed by atoms with van der Waals surface area (Å²) in [4.78, 5) is 36.9. The van der Waals surface area contributed by atoms with Gasteiger partial charge in [0, 0.05) is 18.4 Å². The molecule has 0 saturated heterocycles. The maximum Gasteiger partial charge on any atom is 0.407 e. The number of fused-ring (bicyclic) bond motifs is 3. The number of carbonyl (C=O) groups is 3. The van der Waals surface area contributed by atoms with Crippen molar-refractivity contribution in [2.45, 2.75) is 51.6 Å². The van der Waals surface area contributed by atoms with Gasteiger partial charge in [-0.15, -0.1) is 0 Å². The first kappa shape index (κ1) is 26.6. The Labute approximate surface area is 211 Å². The van der Waals surface area contributed by atoms with Crippen molar-refractivity contribution in [2.75, 3.05) is 18.6 Å². The van der Waals surface area contributed by atoms with Crippen molar-refractivity contribution < 1.29 is 24.2 Å². The van der Waals surface area contributed by atoms with Crippen LogP contribution in [0.1, 0.15) is 50.7 Å². The van der Waals surface area contributed by atoms with Crippen molar-refractivity contribution in [3.05, 3.63) is 59.7 Å². The number of amides is 2. The highest BCUT2D eigenvalue weighted by atomic mass is 32.2. The Bertz CT molecular complexity index is 1020. The second-order valence-corrected chi connectivity index (χ2v) is 10.8. The molecule has 0 saturated carbocycles. The van der Waals surface area contributed by atoms with Gasteiger partial charge >= 0.3 is 12.1 Å². The second kappa shape index (κ2) is 11.6. The first-order chi connectivity index (χ1) is 16.6. The van der Waals surface area contributed by atoms with Crippen LogP contribution in [0, 0.1) is 5.41 Å². The number of aliphatic carboxylic acids is 1. The van der Waals surface area contributed by atoms with Crippen LogP contribution in [0.3, 0.4) is 0 Å². The SMILES string of the molecule is CSCC[C@H](NC(=O)CC(NC(=O)OCC1c2ccccc2-c2ccccc21)C(C)(C)C)C(=O)O. The zero-order valence-corrected chi connectivity index (χ0v) is 21.5. The Morgan fingerprint density at radius 3 is 2.09 bits per heavy atom. The molecule has 2 atom stereocenters. The van der Waals surface area contributed by atoms with E-state index in [4.69, 9.17) is 4.74 Å². The molecule has 2 amide bonds. The van der Waals surface area contributed by atoms with E-state index in [1.54, 1.807) is 0 Å². The van der Waals surface area contributed by atoms with E-state index < -0.39 is 35.5 Å². The third-order valence-corrected chi connectivity index (χ3v) is 6.96. The summed E-state index contributed by atoms with van der Waals surface area (Å²) in [7, 11) is 0. The molecule has 3 N–H and O–H groups in total. The smallest absolute Gasteiger partial charge is 0.407 e. The minimum atomic E-state index is -1.07. The third kappa shape index (κ3) is 6.78. The molecule has 1 aliphatic carbocycles. The molecule has 3 rings (SSSR count). The van der Waals surface area contributed by atoms with E-state index in [1.165, 1.54) is 11.8 Å². The van der Waals surface area contributed by atoms with Gasteiger partial charge < -0.3 is 20.5 Å². The van der Waals surface area contributed by atoms with Crippen molar-refractivity contribution in [1.82, 2.24) is 10.6 Å². The molecule has 0 aromatic heterocycles. The van der Waals surface area contributed by atoms with Gasteiger partial charge in [-0.05, 0) is 46.1 Å². The normalized spacial score (nSPS) is 14.4. The highest BCUT2D eigenvalue weighted by Gasteiger charge is 2.32. The van der Waals surface area contributed by atoms with E-state index in [9.17, 15) is 19.5 Å². The lowest BCUT2D eigenvalue weighted by atomic mass is 9.84. The van der Waals surface area contributed by atoms with E-state index in [1.807, 2.05) is 51.3 Å². The van der Waals surface area contributed by atoms with Crippen LogP contribution >= 0.6 is 11.8 Å². The number of nitrogens with one attached hydrogen (secondary N) is 2. The lowest BCUT2D eigenvalue weighted by Gasteiger charge is -2.31. The third-order valence-electron chi connectivity index (χ3n) is 6.31. The van der Waals surface area contributed by atoms with Crippen LogP contribution in [0.5, 0.6) is 0 Å². The zero-order valence-electron chi connectivity index (χ0n) is 20.7. The molecule has 2 aromatic carbocycles. The average Bonchev–Trinajstić information content (AvgIpc) is 3.13. The molecule has 0 heterocycles. The highest BCUT2D eigenvalue weighted by molar-refractivity contribution is 7.98. The van der Waals surface area contributed by atoms with Gasteiger partial charge in [-0.25, -0.2) is 9.59 Å². The van der Waals surface area contributed by atoms with Crippen LogP contribution in [0.2, 0.25) is 0 Å². The van der Waals surface area contributed by atoms with Gasteiger partial charge in [0.1, 0.15) is 12.6 Å². The molecular weight excluding hydrogens is 464 g/mol. The number of alkyl carbamates (subject to hydrolysis) is 1. The largest absolute Gasteiger partial charge is 0.480 e. The number of hydrogen-bond donors (Lipinski definition) is 3. The molecule has 1 unspecified atom stereocenters. The number of carboxylic acids is 1. The number of benzene rings is 2. The van der Waals surface area contributed by atoms with Crippen molar-refractivity contribution in [2.24, 2.45) is 5.41 Å². The standard InChI is InChI=1S/C27H34N2O5S/c1-27(2,3)23(15-24(30)28-22(25(31)32)13-14-35-4)29-26(33)34-16-21-19-11-7-5-9-17(19)18-10-6-8-12-20(18)21/h5-12,21-23H,13-16H2,1-4H3,(H,28,30)(H,29,33)(H,31,32)/t22-,23?/m0/s1. The molecule has 7 nitrogen and oxygen atoms in total. The number of carbonyl (C=O) groups excluding carboxylic acids is 2. The van der Waals surface area contributed by atoms with Crippen molar-refractivity contribution in [3.8, 4) is 11.1 Å². The van der Waals surface area contributed by atoms with E-state index in [0.717, 1.165) is 22.3 Å². The lowest BCUT2D eigenvalue weighted by Crippen LogP contribution is -2.49. The van der Waals surface area contributed by atoms with Gasteiger partial charge in [0.05, 0.1) is 0 Å². The predicted octanol–water partition coefficient (Wildman–Crippen LogP) is 4.65. The molecule has 0 fully saturated rings. The Morgan fingerprint density at radius 1 is 1.00 bits per heavy atom. The summed E-state index contributed by atoms with van der Waals surface area (Å²) in [5, 5.41) is 14.8. The van der Waals surface area contributed by atoms with Crippen LogP contribution in [0.15, 0.2) is 48.5 Å². The fourth-order valence-electron chi connectivity index (χ4n) is 4.29. The maximum absolute atomic E-state index is 12.8. The van der Waals surface area contributed by atoms with Gasteiger partial charge in [0.25, 0.3) is 0 Å². The van der Waals surface area contributed by atoms with Gasteiger partial charge in [-0.1, -0.05) is 69.3 Å². The molecule has 0 aliphatic heterocycles. The van der Waals surface area contributed by atoms with Crippen molar-refractivity contribution in [1.29, 1.82) is 0 Å². The minimum absolute atomic E-state index is 0.0449. The van der Waals surface area contributed by atoms with Crippen LogP contribution in [0.25, 0.3) is 11.1 Å². The van der Waals surface area contributed by atoms with Gasteiger partial charge in [-0.3, -0.25) is 4.79 Å². The van der Waals surface area contributed by atoms with E-state index in [2.05, 4.69) is 34.9 Å². The Morgan fingerprint density at radius 2 is 1.57 bits per heavy atom. The van der Waals surface area contributed by atoms with Crippen LogP contribution < -0.4 is 10.6 Å². The predicted molar refractivity (Wildman–Crippen MR) is 139 cm³/mol. The molecule has 35 heavy (non-hydrogen) atoms. The number of rotatable bonds is 10. The lowest BCUT2D eigenvalue weighted by molar-refractivity contribution is -0.142. The molecule has 0 radical (unpaired) electrons. The van der Waals surface area contributed by atoms with Crippen LogP contribution in [0.4, 0.5) is 4.79 Å². The summed E-state index contributed by atoms with van der Waals surface area (Å²) in [6, 6.07) is 14.7. The number of hydrogen-bond acceptors (Lipinski definition) is 5. The zero-order chi connectivity index (χ0) is 25.6. The Hall–Kier alpha value is -3.00.